The van der Waals surface area contributed by atoms with Gasteiger partial charge >= 0.3 is 0 Å². The molecule has 0 atom stereocenters. The van der Waals surface area contributed by atoms with Crippen LogP contribution in [0.5, 0.6) is 0 Å². The molecule has 0 unspecified atom stereocenters. The molecule has 1 aliphatic rings. The van der Waals surface area contributed by atoms with E-state index in [4.69, 9.17) is 5.10 Å². The van der Waals surface area contributed by atoms with Gasteiger partial charge in [-0.25, -0.2) is 4.98 Å². The molecule has 1 saturated carbocycles. The van der Waals surface area contributed by atoms with Gasteiger partial charge in [0.2, 0.25) is 0 Å². The summed E-state index contributed by atoms with van der Waals surface area (Å²) in [6.45, 7) is 3.80. The molecule has 6 rings (SSSR count). The summed E-state index contributed by atoms with van der Waals surface area (Å²) >= 11 is 0. The van der Waals surface area contributed by atoms with Gasteiger partial charge in [0.15, 0.2) is 5.78 Å². The van der Waals surface area contributed by atoms with Crippen LogP contribution in [0.15, 0.2) is 61.2 Å². The van der Waals surface area contributed by atoms with E-state index in [0.29, 0.717) is 18.7 Å². The van der Waals surface area contributed by atoms with Crippen LogP contribution in [0.1, 0.15) is 47.1 Å². The van der Waals surface area contributed by atoms with Crippen LogP contribution in [0.25, 0.3) is 16.6 Å². The topological polar surface area (TPSA) is 70.0 Å². The highest BCUT2D eigenvalue weighted by Crippen LogP contribution is 2.30. The van der Waals surface area contributed by atoms with Gasteiger partial charge in [0, 0.05) is 36.3 Å². The number of aryl methyl sites for hydroxylation is 1. The highest BCUT2D eigenvalue weighted by molar-refractivity contribution is 5.99. The van der Waals surface area contributed by atoms with Crippen LogP contribution in [0.4, 0.5) is 0 Å². The maximum Gasteiger partial charge on any atom is 0.185 e. The average molecular weight is 439 g/mol. The van der Waals surface area contributed by atoms with E-state index in [-0.39, 0.29) is 5.78 Å². The minimum atomic E-state index is 0.0531. The summed E-state index contributed by atoms with van der Waals surface area (Å²) in [6.07, 6.45) is 11.4. The highest BCUT2D eigenvalue weighted by atomic mass is 16.1. The van der Waals surface area contributed by atoms with E-state index < -0.39 is 0 Å². The summed E-state index contributed by atoms with van der Waals surface area (Å²) in [4.78, 5) is 17.6. The van der Waals surface area contributed by atoms with Crippen molar-refractivity contribution in [1.82, 2.24) is 28.9 Å². The van der Waals surface area contributed by atoms with Crippen molar-refractivity contribution < 1.29 is 4.79 Å². The number of hydrogen-bond acceptors (Lipinski definition) is 4. The zero-order valence-electron chi connectivity index (χ0n) is 18.7. The first-order chi connectivity index (χ1) is 16.2. The first-order valence-corrected chi connectivity index (χ1v) is 11.6. The number of Topliss-reactive ketones (excluding diaryl/α,β-unsaturated/α-hetero) is 1. The molecule has 4 aromatic heterocycles. The zero-order chi connectivity index (χ0) is 22.4. The lowest BCUT2D eigenvalue weighted by Gasteiger charge is -2.06. The van der Waals surface area contributed by atoms with E-state index in [9.17, 15) is 4.79 Å². The summed E-state index contributed by atoms with van der Waals surface area (Å²) < 4.78 is 5.96. The van der Waals surface area contributed by atoms with Crippen molar-refractivity contribution in [3.63, 3.8) is 0 Å². The van der Waals surface area contributed by atoms with Crippen molar-refractivity contribution in [3.05, 3.63) is 83.7 Å². The second-order valence-electron chi connectivity index (χ2n) is 8.96. The molecule has 0 amide bonds. The molecule has 7 nitrogen and oxygen atoms in total. The molecule has 166 valence electrons. The van der Waals surface area contributed by atoms with Gasteiger partial charge < -0.3 is 0 Å². The van der Waals surface area contributed by atoms with E-state index in [1.54, 1.807) is 6.20 Å². The molecule has 33 heavy (non-hydrogen) atoms. The Kier molecular flexibility index (Phi) is 4.82. The lowest BCUT2D eigenvalue weighted by Crippen LogP contribution is -2.07. The molecule has 1 fully saturated rings. The molecule has 7 heteroatoms. The van der Waals surface area contributed by atoms with Gasteiger partial charge in [-0.15, -0.1) is 0 Å². The molecule has 4 heterocycles. The maximum atomic E-state index is 13.2. The third kappa shape index (κ3) is 3.73. The third-order valence-corrected chi connectivity index (χ3v) is 6.49. The van der Waals surface area contributed by atoms with Gasteiger partial charge in [-0.1, -0.05) is 25.1 Å². The molecule has 0 saturated heterocycles. The molecule has 0 N–H and O–H groups in total. The Bertz CT molecular complexity index is 1470. The normalized spacial score (nSPS) is 13.8. The number of carbonyl (C=O) groups is 1. The Hall–Kier alpha value is -3.74. The van der Waals surface area contributed by atoms with Crippen molar-refractivity contribution in [2.24, 2.45) is 5.92 Å². The number of nitrogens with zero attached hydrogens (tertiary/aromatic N) is 6. The Morgan fingerprint density at radius 1 is 1.12 bits per heavy atom. The number of aromatic nitrogens is 6. The lowest BCUT2D eigenvalue weighted by molar-refractivity contribution is 0.0987. The maximum absolute atomic E-state index is 13.2. The average Bonchev–Trinajstić information content (AvgIpc) is 3.21. The number of rotatable bonds is 8. The molecule has 0 spiro atoms. The van der Waals surface area contributed by atoms with Crippen LogP contribution in [-0.4, -0.2) is 34.7 Å². The predicted octanol–water partition coefficient (Wildman–Crippen LogP) is 4.33. The number of benzene rings is 1. The second kappa shape index (κ2) is 7.99. The second-order valence-corrected chi connectivity index (χ2v) is 8.96. The lowest BCUT2D eigenvalue weighted by atomic mass is 10.0. The van der Waals surface area contributed by atoms with Gasteiger partial charge in [-0.05, 0) is 48.9 Å². The largest absolute Gasteiger partial charge is 0.297 e. The SMILES string of the molecule is CCc1nn(Cc2cnn(CC3CC3)c2)c2cccc(CC(=O)c3cnc4ccccn34)c12. The van der Waals surface area contributed by atoms with E-state index >= 15 is 0 Å². The van der Waals surface area contributed by atoms with Crippen LogP contribution in [0.3, 0.4) is 0 Å². The number of fused-ring (bicyclic) bond motifs is 2. The smallest absolute Gasteiger partial charge is 0.185 e. The molecular formula is C26H26N6O. The number of carbonyl (C=O) groups excluding carboxylic acids is 1. The highest BCUT2D eigenvalue weighted by Gasteiger charge is 2.22. The Morgan fingerprint density at radius 2 is 2.03 bits per heavy atom. The fourth-order valence-corrected chi connectivity index (χ4v) is 4.63. The van der Waals surface area contributed by atoms with Crippen molar-refractivity contribution >= 4 is 22.3 Å². The van der Waals surface area contributed by atoms with E-state index in [0.717, 1.165) is 52.3 Å². The summed E-state index contributed by atoms with van der Waals surface area (Å²) in [5, 5.41) is 10.5. The van der Waals surface area contributed by atoms with Crippen molar-refractivity contribution in [2.45, 2.75) is 45.7 Å². The molecule has 0 radical (unpaired) electrons. The fourth-order valence-electron chi connectivity index (χ4n) is 4.63. The van der Waals surface area contributed by atoms with Crippen molar-refractivity contribution in [3.8, 4) is 0 Å². The molecule has 0 bridgehead atoms. The van der Waals surface area contributed by atoms with E-state index in [1.807, 2.05) is 47.1 Å². The van der Waals surface area contributed by atoms with Gasteiger partial charge in [-0.3, -0.25) is 18.6 Å². The number of ketones is 1. The van der Waals surface area contributed by atoms with Crippen LogP contribution in [0, 0.1) is 5.92 Å². The summed E-state index contributed by atoms with van der Waals surface area (Å²) in [7, 11) is 0. The molecule has 1 aromatic carbocycles. The summed E-state index contributed by atoms with van der Waals surface area (Å²) in [5.41, 5.74) is 5.63. The Balaban J connectivity index is 1.32. The first kappa shape index (κ1) is 19.9. The first-order valence-electron chi connectivity index (χ1n) is 11.6. The monoisotopic (exact) mass is 438 g/mol. The van der Waals surface area contributed by atoms with Gasteiger partial charge in [0.1, 0.15) is 11.3 Å². The van der Waals surface area contributed by atoms with Crippen LogP contribution >= 0.6 is 0 Å². The zero-order valence-corrected chi connectivity index (χ0v) is 18.7. The van der Waals surface area contributed by atoms with Gasteiger partial charge in [-0.2, -0.15) is 10.2 Å². The number of imidazole rings is 1. The van der Waals surface area contributed by atoms with Crippen molar-refractivity contribution in [1.29, 1.82) is 0 Å². The molecule has 1 aliphatic carbocycles. The standard InChI is InChI=1S/C26H26N6O/c1-2-21-26-20(12-24(33)23-14-27-25-8-3-4-11-31(23)25)6-5-7-22(26)32(29-21)17-19-13-28-30(16-19)15-18-9-10-18/h3-8,11,13-14,16,18H,2,9-10,12,15,17H2,1H3. The quantitative estimate of drug-likeness (QED) is 0.338. The number of pyridine rings is 1. The minimum Gasteiger partial charge on any atom is -0.297 e. The van der Waals surface area contributed by atoms with Crippen molar-refractivity contribution in [2.75, 3.05) is 0 Å². The van der Waals surface area contributed by atoms with Crippen LogP contribution in [0.2, 0.25) is 0 Å². The fraction of sp³-hybridized carbons (Fsp3) is 0.308. The van der Waals surface area contributed by atoms with Crippen LogP contribution in [-0.2, 0) is 25.9 Å². The van der Waals surface area contributed by atoms with Gasteiger partial charge in [0.05, 0.1) is 30.1 Å². The van der Waals surface area contributed by atoms with Crippen LogP contribution < -0.4 is 0 Å². The third-order valence-electron chi connectivity index (χ3n) is 6.49. The summed E-state index contributed by atoms with van der Waals surface area (Å²) in [5.74, 6) is 0.848. The molecule has 0 aliphatic heterocycles. The Morgan fingerprint density at radius 3 is 2.88 bits per heavy atom. The van der Waals surface area contributed by atoms with Gasteiger partial charge in [0.25, 0.3) is 0 Å². The minimum absolute atomic E-state index is 0.0531. The molecule has 5 aromatic rings. The van der Waals surface area contributed by atoms with E-state index in [1.165, 1.54) is 12.8 Å². The molecular weight excluding hydrogens is 412 g/mol. The van der Waals surface area contributed by atoms with E-state index in [2.05, 4.69) is 38.6 Å². The number of hydrogen-bond donors (Lipinski definition) is 0. The summed E-state index contributed by atoms with van der Waals surface area (Å²) in [6, 6.07) is 11.9. The Labute approximate surface area is 191 Å². The predicted molar refractivity (Wildman–Crippen MR) is 126 cm³/mol.